The molecule has 2 rings (SSSR count). The van der Waals surface area contributed by atoms with Crippen molar-refractivity contribution in [3.8, 4) is 0 Å². The molecule has 7 nitrogen and oxygen atoms in total. The Bertz CT molecular complexity index is 509. The SMILES string of the molecule is CCc1nc(CN(C)C(=O)[C@H]2CC(C(C)C)=NO2)no1. The molecule has 0 aliphatic carbocycles. The Morgan fingerprint density at radius 2 is 2.25 bits per heavy atom. The number of aryl methyl sites for hydroxylation is 1. The highest BCUT2D eigenvalue weighted by Crippen LogP contribution is 2.18. The Morgan fingerprint density at radius 1 is 1.50 bits per heavy atom. The lowest BCUT2D eigenvalue weighted by Gasteiger charge is -2.18. The Balaban J connectivity index is 1.90. The summed E-state index contributed by atoms with van der Waals surface area (Å²) in [5.74, 6) is 1.25. The molecule has 1 aliphatic rings. The van der Waals surface area contributed by atoms with Gasteiger partial charge in [0.05, 0.1) is 12.3 Å². The van der Waals surface area contributed by atoms with Gasteiger partial charge in [-0.25, -0.2) is 0 Å². The standard InChI is InChI=1S/C13H20N4O3/c1-5-12-14-11(16-20-12)7-17(4)13(18)10-6-9(8(2)3)15-19-10/h8,10H,5-7H2,1-4H3/t10-/m1/s1. The first-order valence-electron chi connectivity index (χ1n) is 6.80. The smallest absolute Gasteiger partial charge is 0.267 e. The fraction of sp³-hybridized carbons (Fsp3) is 0.692. The van der Waals surface area contributed by atoms with Crippen molar-refractivity contribution in [3.05, 3.63) is 11.7 Å². The largest absolute Gasteiger partial charge is 0.382 e. The minimum absolute atomic E-state index is 0.118. The molecule has 0 saturated carbocycles. The van der Waals surface area contributed by atoms with Crippen molar-refractivity contribution in [2.45, 2.75) is 46.3 Å². The number of oxime groups is 1. The molecule has 0 saturated heterocycles. The molecule has 1 aromatic rings. The summed E-state index contributed by atoms with van der Waals surface area (Å²) in [7, 11) is 1.70. The van der Waals surface area contributed by atoms with Crippen LogP contribution in [0.4, 0.5) is 0 Å². The van der Waals surface area contributed by atoms with Crippen molar-refractivity contribution >= 4 is 11.6 Å². The van der Waals surface area contributed by atoms with Crippen molar-refractivity contribution in [2.24, 2.45) is 11.1 Å². The summed E-state index contributed by atoms with van der Waals surface area (Å²) >= 11 is 0. The molecule has 1 aliphatic heterocycles. The van der Waals surface area contributed by atoms with Gasteiger partial charge in [0.25, 0.3) is 5.91 Å². The first-order chi connectivity index (χ1) is 9.51. The normalized spacial score (nSPS) is 18.1. The summed E-state index contributed by atoms with van der Waals surface area (Å²) in [4.78, 5) is 23.2. The Labute approximate surface area is 118 Å². The van der Waals surface area contributed by atoms with Gasteiger partial charge in [0.2, 0.25) is 12.0 Å². The molecular weight excluding hydrogens is 260 g/mol. The second-order valence-corrected chi connectivity index (χ2v) is 5.19. The Kier molecular flexibility index (Phi) is 4.36. The fourth-order valence-electron chi connectivity index (χ4n) is 1.90. The molecule has 1 amide bonds. The van der Waals surface area contributed by atoms with Gasteiger partial charge < -0.3 is 14.3 Å². The molecule has 0 unspecified atom stereocenters. The maximum absolute atomic E-state index is 12.2. The molecule has 1 aromatic heterocycles. The zero-order chi connectivity index (χ0) is 14.7. The molecule has 0 aromatic carbocycles. The topological polar surface area (TPSA) is 80.8 Å². The third-order valence-electron chi connectivity index (χ3n) is 3.20. The van der Waals surface area contributed by atoms with Crippen LogP contribution < -0.4 is 0 Å². The van der Waals surface area contributed by atoms with Crippen LogP contribution in [0.3, 0.4) is 0 Å². The molecule has 0 radical (unpaired) electrons. The summed E-state index contributed by atoms with van der Waals surface area (Å²) in [6.45, 7) is 6.30. The van der Waals surface area contributed by atoms with Gasteiger partial charge in [-0.1, -0.05) is 31.1 Å². The van der Waals surface area contributed by atoms with E-state index in [1.54, 1.807) is 7.05 Å². The second-order valence-electron chi connectivity index (χ2n) is 5.19. The summed E-state index contributed by atoms with van der Waals surface area (Å²) in [5.41, 5.74) is 0.921. The van der Waals surface area contributed by atoms with Crippen molar-refractivity contribution in [3.63, 3.8) is 0 Å². The van der Waals surface area contributed by atoms with Crippen molar-refractivity contribution in [1.82, 2.24) is 15.0 Å². The van der Waals surface area contributed by atoms with E-state index in [1.165, 1.54) is 4.90 Å². The molecule has 110 valence electrons. The van der Waals surface area contributed by atoms with Crippen LogP contribution in [0.15, 0.2) is 9.68 Å². The number of hydrogen-bond donors (Lipinski definition) is 0. The number of carbonyl (C=O) groups is 1. The molecule has 0 fully saturated rings. The number of carbonyl (C=O) groups excluding carboxylic acids is 1. The predicted molar refractivity (Wildman–Crippen MR) is 71.9 cm³/mol. The first-order valence-corrected chi connectivity index (χ1v) is 6.80. The summed E-state index contributed by atoms with van der Waals surface area (Å²) in [6.07, 6.45) is 0.699. The van der Waals surface area contributed by atoms with E-state index in [0.29, 0.717) is 37.0 Å². The molecular formula is C13H20N4O3. The maximum atomic E-state index is 12.2. The van der Waals surface area contributed by atoms with Gasteiger partial charge in [-0.15, -0.1) is 0 Å². The average molecular weight is 280 g/mol. The highest BCUT2D eigenvalue weighted by Gasteiger charge is 2.31. The molecule has 2 heterocycles. The van der Waals surface area contributed by atoms with Gasteiger partial charge in [0.15, 0.2) is 5.82 Å². The van der Waals surface area contributed by atoms with Crippen LogP contribution in [-0.2, 0) is 22.6 Å². The van der Waals surface area contributed by atoms with Gasteiger partial charge in [-0.05, 0) is 5.92 Å². The van der Waals surface area contributed by atoms with Gasteiger partial charge in [-0.2, -0.15) is 4.98 Å². The predicted octanol–water partition coefficient (Wildman–Crippen LogP) is 1.39. The van der Waals surface area contributed by atoms with E-state index in [1.807, 2.05) is 20.8 Å². The van der Waals surface area contributed by atoms with Gasteiger partial charge in [-0.3, -0.25) is 4.79 Å². The third kappa shape index (κ3) is 3.15. The number of aromatic nitrogens is 2. The van der Waals surface area contributed by atoms with E-state index in [0.717, 1.165) is 5.71 Å². The fourth-order valence-corrected chi connectivity index (χ4v) is 1.90. The van der Waals surface area contributed by atoms with Crippen LogP contribution in [0.1, 0.15) is 38.9 Å². The van der Waals surface area contributed by atoms with E-state index in [-0.39, 0.29) is 5.91 Å². The highest BCUT2D eigenvalue weighted by atomic mass is 16.6. The van der Waals surface area contributed by atoms with Crippen LogP contribution in [0.5, 0.6) is 0 Å². The van der Waals surface area contributed by atoms with Gasteiger partial charge >= 0.3 is 0 Å². The number of likely N-dealkylation sites (N-methyl/N-ethyl adjacent to an activating group) is 1. The van der Waals surface area contributed by atoms with Crippen molar-refractivity contribution in [1.29, 1.82) is 0 Å². The number of hydrogen-bond acceptors (Lipinski definition) is 6. The van der Waals surface area contributed by atoms with Crippen LogP contribution in [0.2, 0.25) is 0 Å². The molecule has 0 N–H and O–H groups in total. The van der Waals surface area contributed by atoms with Gasteiger partial charge in [0, 0.05) is 19.9 Å². The number of rotatable bonds is 5. The Morgan fingerprint density at radius 3 is 2.80 bits per heavy atom. The lowest BCUT2D eigenvalue weighted by atomic mass is 10.0. The molecule has 7 heteroatoms. The van der Waals surface area contributed by atoms with E-state index in [4.69, 9.17) is 9.36 Å². The summed E-state index contributed by atoms with van der Waals surface area (Å²) in [6, 6.07) is 0. The van der Waals surface area contributed by atoms with E-state index < -0.39 is 6.10 Å². The van der Waals surface area contributed by atoms with E-state index in [2.05, 4.69) is 15.3 Å². The lowest BCUT2D eigenvalue weighted by Crippen LogP contribution is -2.36. The third-order valence-corrected chi connectivity index (χ3v) is 3.20. The highest BCUT2D eigenvalue weighted by molar-refractivity contribution is 5.93. The zero-order valence-corrected chi connectivity index (χ0v) is 12.3. The Hall–Kier alpha value is -1.92. The minimum atomic E-state index is -0.532. The minimum Gasteiger partial charge on any atom is -0.382 e. The van der Waals surface area contributed by atoms with Gasteiger partial charge in [0.1, 0.15) is 0 Å². The summed E-state index contributed by atoms with van der Waals surface area (Å²) in [5, 5.41) is 7.79. The lowest BCUT2D eigenvalue weighted by molar-refractivity contribution is -0.141. The zero-order valence-electron chi connectivity index (χ0n) is 12.3. The van der Waals surface area contributed by atoms with Crippen LogP contribution in [-0.4, -0.2) is 39.8 Å². The molecule has 0 bridgehead atoms. The van der Waals surface area contributed by atoms with E-state index >= 15 is 0 Å². The van der Waals surface area contributed by atoms with Crippen LogP contribution >= 0.6 is 0 Å². The van der Waals surface area contributed by atoms with Crippen LogP contribution in [0.25, 0.3) is 0 Å². The quantitative estimate of drug-likeness (QED) is 0.814. The first kappa shape index (κ1) is 14.5. The molecule has 1 atom stereocenters. The molecule has 20 heavy (non-hydrogen) atoms. The number of amides is 1. The second kappa shape index (κ2) is 6.02. The average Bonchev–Trinajstić information content (AvgIpc) is 3.06. The van der Waals surface area contributed by atoms with Crippen molar-refractivity contribution in [2.75, 3.05) is 7.05 Å². The van der Waals surface area contributed by atoms with Crippen LogP contribution in [0, 0.1) is 5.92 Å². The maximum Gasteiger partial charge on any atom is 0.267 e. The number of nitrogens with zero attached hydrogens (tertiary/aromatic N) is 4. The van der Waals surface area contributed by atoms with E-state index in [9.17, 15) is 4.79 Å². The van der Waals surface area contributed by atoms with Crippen molar-refractivity contribution < 1.29 is 14.2 Å². The monoisotopic (exact) mass is 280 g/mol. The molecule has 0 spiro atoms. The summed E-state index contributed by atoms with van der Waals surface area (Å²) < 4.78 is 5.02.